The van der Waals surface area contributed by atoms with Crippen LogP contribution < -0.4 is 10.2 Å². The zero-order chi connectivity index (χ0) is 19.6. The molecule has 2 heterocycles. The van der Waals surface area contributed by atoms with Crippen molar-refractivity contribution in [2.45, 2.75) is 37.8 Å². The lowest BCUT2D eigenvalue weighted by molar-refractivity contribution is -0.118. The maximum Gasteiger partial charge on any atom is 0.232 e. The Morgan fingerprint density at radius 3 is 2.68 bits per heavy atom. The first kappa shape index (κ1) is 20.7. The summed E-state index contributed by atoms with van der Waals surface area (Å²) < 4.78 is 7.49. The van der Waals surface area contributed by atoms with E-state index in [0.717, 1.165) is 49.3 Å². The molecule has 0 spiro atoms. The molecule has 8 heteroatoms. The van der Waals surface area contributed by atoms with E-state index in [2.05, 4.69) is 27.3 Å². The van der Waals surface area contributed by atoms with Crippen molar-refractivity contribution in [2.24, 2.45) is 0 Å². The van der Waals surface area contributed by atoms with Gasteiger partial charge in [0.15, 0.2) is 5.16 Å². The molecular weight excluding hydrogens is 374 g/mol. The number of unbranched alkanes of at least 4 members (excludes halogenated alkanes) is 3. The summed E-state index contributed by atoms with van der Waals surface area (Å²) in [6, 6.07) is 10.0. The minimum atomic E-state index is 0.0389. The Balaban J connectivity index is 1.65. The Kier molecular flexibility index (Phi) is 8.17. The highest BCUT2D eigenvalue weighted by Gasteiger charge is 2.22. The zero-order valence-corrected chi connectivity index (χ0v) is 17.3. The van der Waals surface area contributed by atoms with Crippen LogP contribution in [0.15, 0.2) is 35.5 Å². The molecule has 0 saturated carbocycles. The lowest BCUT2D eigenvalue weighted by Gasteiger charge is -2.27. The molecule has 1 aliphatic rings. The second kappa shape index (κ2) is 11.1. The summed E-state index contributed by atoms with van der Waals surface area (Å²) in [4.78, 5) is 14.4. The van der Waals surface area contributed by atoms with Crippen LogP contribution in [0.3, 0.4) is 0 Å². The molecular formula is C20H29N5O2S. The van der Waals surface area contributed by atoms with Crippen molar-refractivity contribution in [2.75, 3.05) is 43.5 Å². The molecule has 1 saturated heterocycles. The maximum absolute atomic E-state index is 12.2. The number of ether oxygens (including phenoxy) is 1. The van der Waals surface area contributed by atoms with E-state index in [9.17, 15) is 4.79 Å². The number of hydrogen-bond donors (Lipinski definition) is 1. The van der Waals surface area contributed by atoms with Crippen LogP contribution in [-0.2, 0) is 9.53 Å². The largest absolute Gasteiger partial charge is 0.378 e. The summed E-state index contributed by atoms with van der Waals surface area (Å²) in [6.07, 6.45) is 4.61. The van der Waals surface area contributed by atoms with Gasteiger partial charge < -0.3 is 15.0 Å². The molecule has 0 bridgehead atoms. The predicted octanol–water partition coefficient (Wildman–Crippen LogP) is 2.89. The highest BCUT2D eigenvalue weighted by Crippen LogP contribution is 2.27. The average Bonchev–Trinajstić information content (AvgIpc) is 3.17. The summed E-state index contributed by atoms with van der Waals surface area (Å²) >= 11 is 1.42. The third-order valence-electron chi connectivity index (χ3n) is 4.61. The van der Waals surface area contributed by atoms with Gasteiger partial charge in [-0.15, -0.1) is 10.2 Å². The van der Waals surface area contributed by atoms with Crippen LogP contribution in [0.25, 0.3) is 5.69 Å². The van der Waals surface area contributed by atoms with Crippen LogP contribution in [0, 0.1) is 0 Å². The fourth-order valence-corrected chi connectivity index (χ4v) is 3.86. The second-order valence-corrected chi connectivity index (χ2v) is 7.69. The molecule has 1 aromatic carbocycles. The lowest BCUT2D eigenvalue weighted by atomic mass is 10.2. The Morgan fingerprint density at radius 1 is 1.14 bits per heavy atom. The van der Waals surface area contributed by atoms with Gasteiger partial charge in [0.25, 0.3) is 0 Å². The topological polar surface area (TPSA) is 72.3 Å². The van der Waals surface area contributed by atoms with Gasteiger partial charge in [-0.2, -0.15) is 0 Å². The van der Waals surface area contributed by atoms with Gasteiger partial charge in [0.05, 0.1) is 24.7 Å². The normalized spacial score (nSPS) is 14.2. The number of amides is 1. The van der Waals surface area contributed by atoms with Crippen LogP contribution >= 0.6 is 11.8 Å². The summed E-state index contributed by atoms with van der Waals surface area (Å²) in [6.45, 7) is 5.87. The molecule has 0 radical (unpaired) electrons. The van der Waals surface area contributed by atoms with Gasteiger partial charge in [-0.05, 0) is 18.6 Å². The number of aromatic nitrogens is 3. The summed E-state index contributed by atoms with van der Waals surface area (Å²) in [5.74, 6) is 1.18. The molecule has 0 aliphatic carbocycles. The van der Waals surface area contributed by atoms with E-state index in [1.165, 1.54) is 24.6 Å². The van der Waals surface area contributed by atoms with Crippen molar-refractivity contribution in [3.63, 3.8) is 0 Å². The van der Waals surface area contributed by atoms with E-state index in [1.807, 2.05) is 34.9 Å². The minimum Gasteiger partial charge on any atom is -0.378 e. The quantitative estimate of drug-likeness (QED) is 0.486. The highest BCUT2D eigenvalue weighted by atomic mass is 32.2. The van der Waals surface area contributed by atoms with Gasteiger partial charge in [-0.3, -0.25) is 9.36 Å². The van der Waals surface area contributed by atoms with Crippen LogP contribution in [-0.4, -0.2) is 59.3 Å². The van der Waals surface area contributed by atoms with Gasteiger partial charge in [-0.1, -0.05) is 56.1 Å². The molecule has 1 aliphatic heterocycles. The number of hydrogen-bond acceptors (Lipinski definition) is 6. The number of morpholine rings is 1. The first-order chi connectivity index (χ1) is 13.8. The summed E-state index contributed by atoms with van der Waals surface area (Å²) in [7, 11) is 0. The summed E-state index contributed by atoms with van der Waals surface area (Å²) in [5, 5.41) is 12.5. The van der Waals surface area contributed by atoms with Crippen molar-refractivity contribution in [1.29, 1.82) is 0 Å². The SMILES string of the molecule is CCCCCCNC(=O)CSc1nnc(N2CCOCC2)n1-c1ccccc1. The zero-order valence-electron chi connectivity index (χ0n) is 16.5. The Labute approximate surface area is 170 Å². The van der Waals surface area contributed by atoms with E-state index in [0.29, 0.717) is 19.0 Å². The van der Waals surface area contributed by atoms with E-state index >= 15 is 0 Å². The van der Waals surface area contributed by atoms with E-state index in [1.54, 1.807) is 0 Å². The number of rotatable bonds is 10. The van der Waals surface area contributed by atoms with Crippen LogP contribution in [0.4, 0.5) is 5.95 Å². The van der Waals surface area contributed by atoms with E-state index in [4.69, 9.17) is 4.74 Å². The van der Waals surface area contributed by atoms with E-state index in [-0.39, 0.29) is 5.91 Å². The molecule has 7 nitrogen and oxygen atoms in total. The standard InChI is InChI=1S/C20H29N5O2S/c1-2-3-4-8-11-21-18(26)16-28-20-23-22-19(24-12-14-27-15-13-24)25(20)17-9-6-5-7-10-17/h5-7,9-10H,2-4,8,11-16H2,1H3,(H,21,26). The average molecular weight is 404 g/mol. The maximum atomic E-state index is 12.2. The van der Waals surface area contributed by atoms with Gasteiger partial charge in [-0.25, -0.2) is 0 Å². The van der Waals surface area contributed by atoms with E-state index < -0.39 is 0 Å². The van der Waals surface area contributed by atoms with Crippen molar-refractivity contribution in [1.82, 2.24) is 20.1 Å². The Bertz CT molecular complexity index is 731. The van der Waals surface area contributed by atoms with Crippen LogP contribution in [0.5, 0.6) is 0 Å². The smallest absolute Gasteiger partial charge is 0.232 e. The molecule has 1 aromatic heterocycles. The first-order valence-electron chi connectivity index (χ1n) is 10.0. The lowest BCUT2D eigenvalue weighted by Crippen LogP contribution is -2.37. The predicted molar refractivity (Wildman–Crippen MR) is 112 cm³/mol. The number of carbonyl (C=O) groups is 1. The van der Waals surface area contributed by atoms with Crippen LogP contribution in [0.1, 0.15) is 32.6 Å². The molecule has 2 aromatic rings. The third-order valence-corrected chi connectivity index (χ3v) is 5.54. The van der Waals surface area contributed by atoms with Gasteiger partial charge in [0, 0.05) is 19.6 Å². The van der Waals surface area contributed by atoms with Gasteiger partial charge >= 0.3 is 0 Å². The number of benzene rings is 1. The number of thioether (sulfide) groups is 1. The number of anilines is 1. The molecule has 1 fully saturated rings. The fourth-order valence-electron chi connectivity index (χ4n) is 3.09. The number of carbonyl (C=O) groups excluding carboxylic acids is 1. The van der Waals surface area contributed by atoms with Crippen molar-refractivity contribution >= 4 is 23.6 Å². The van der Waals surface area contributed by atoms with Crippen LogP contribution in [0.2, 0.25) is 0 Å². The number of nitrogens with zero attached hydrogens (tertiary/aromatic N) is 4. The van der Waals surface area contributed by atoms with Gasteiger partial charge in [0.1, 0.15) is 0 Å². The summed E-state index contributed by atoms with van der Waals surface area (Å²) in [5.41, 5.74) is 0.997. The number of para-hydroxylation sites is 1. The third kappa shape index (κ3) is 5.72. The van der Waals surface area contributed by atoms with Crippen molar-refractivity contribution in [3.8, 4) is 5.69 Å². The fraction of sp³-hybridized carbons (Fsp3) is 0.550. The van der Waals surface area contributed by atoms with Crippen molar-refractivity contribution in [3.05, 3.63) is 30.3 Å². The molecule has 152 valence electrons. The molecule has 3 rings (SSSR count). The molecule has 0 unspecified atom stereocenters. The highest BCUT2D eigenvalue weighted by molar-refractivity contribution is 7.99. The molecule has 1 N–H and O–H groups in total. The first-order valence-corrected chi connectivity index (χ1v) is 11.0. The number of nitrogens with one attached hydrogen (secondary N) is 1. The molecule has 0 atom stereocenters. The van der Waals surface area contributed by atoms with Crippen molar-refractivity contribution < 1.29 is 9.53 Å². The molecule has 1 amide bonds. The Morgan fingerprint density at radius 2 is 1.93 bits per heavy atom. The minimum absolute atomic E-state index is 0.0389. The molecule has 28 heavy (non-hydrogen) atoms. The monoisotopic (exact) mass is 403 g/mol. The second-order valence-electron chi connectivity index (χ2n) is 6.75. The van der Waals surface area contributed by atoms with Gasteiger partial charge in [0.2, 0.25) is 11.9 Å². The Hall–Kier alpha value is -2.06.